The van der Waals surface area contributed by atoms with Crippen LogP contribution in [0, 0.1) is 11.3 Å². The van der Waals surface area contributed by atoms with Crippen LogP contribution < -0.4 is 5.32 Å². The van der Waals surface area contributed by atoms with Crippen LogP contribution in [-0.4, -0.2) is 18.2 Å². The van der Waals surface area contributed by atoms with E-state index in [4.69, 9.17) is 5.26 Å². The average molecular weight is 202 g/mol. The lowest BCUT2D eigenvalue weighted by Crippen LogP contribution is -2.28. The number of hydrogen-bond acceptors (Lipinski definition) is 3. The summed E-state index contributed by atoms with van der Waals surface area (Å²) in [7, 11) is 0. The van der Waals surface area contributed by atoms with Crippen molar-refractivity contribution in [2.45, 2.75) is 6.42 Å². The summed E-state index contributed by atoms with van der Waals surface area (Å²) in [4.78, 5) is 22.3. The van der Waals surface area contributed by atoms with Crippen LogP contribution in [0.1, 0.15) is 16.8 Å². The highest BCUT2D eigenvalue weighted by atomic mass is 16.2. The van der Waals surface area contributed by atoms with Gasteiger partial charge in [0.2, 0.25) is 5.91 Å². The largest absolute Gasteiger partial charge is 0.348 e. The van der Waals surface area contributed by atoms with E-state index in [-0.39, 0.29) is 18.7 Å². The quantitative estimate of drug-likeness (QED) is 0.737. The molecule has 0 aliphatic heterocycles. The van der Waals surface area contributed by atoms with E-state index in [1.54, 1.807) is 30.3 Å². The van der Waals surface area contributed by atoms with Crippen molar-refractivity contribution in [1.29, 1.82) is 5.26 Å². The van der Waals surface area contributed by atoms with Gasteiger partial charge in [-0.2, -0.15) is 5.26 Å². The van der Waals surface area contributed by atoms with Crippen LogP contribution in [0.3, 0.4) is 0 Å². The Bertz CT molecular complexity index is 393. The Hall–Kier alpha value is -2.15. The van der Waals surface area contributed by atoms with Crippen molar-refractivity contribution in [3.8, 4) is 6.07 Å². The van der Waals surface area contributed by atoms with Gasteiger partial charge in [-0.25, -0.2) is 0 Å². The Labute approximate surface area is 87.5 Å². The van der Waals surface area contributed by atoms with E-state index in [0.717, 1.165) is 0 Å². The van der Waals surface area contributed by atoms with Crippen LogP contribution in [0.5, 0.6) is 0 Å². The van der Waals surface area contributed by atoms with E-state index in [2.05, 4.69) is 5.32 Å². The van der Waals surface area contributed by atoms with Crippen molar-refractivity contribution in [2.24, 2.45) is 0 Å². The number of nitrogens with one attached hydrogen (secondary N) is 1. The Balaban J connectivity index is 2.45. The van der Waals surface area contributed by atoms with Crippen LogP contribution in [0.4, 0.5) is 0 Å². The molecule has 0 saturated heterocycles. The molecule has 0 radical (unpaired) electrons. The second-order valence-corrected chi connectivity index (χ2v) is 2.90. The third kappa shape index (κ3) is 3.61. The number of rotatable bonds is 4. The lowest BCUT2D eigenvalue weighted by molar-refractivity contribution is -0.119. The van der Waals surface area contributed by atoms with Gasteiger partial charge in [-0.3, -0.25) is 9.59 Å². The highest BCUT2D eigenvalue weighted by molar-refractivity contribution is 5.99. The molecule has 0 unspecified atom stereocenters. The normalized spacial score (nSPS) is 9.00. The first-order valence-electron chi connectivity index (χ1n) is 4.46. The number of carbonyl (C=O) groups excluding carboxylic acids is 2. The minimum Gasteiger partial charge on any atom is -0.348 e. The maximum atomic E-state index is 11.5. The van der Waals surface area contributed by atoms with E-state index in [1.165, 1.54) is 0 Å². The Morgan fingerprint density at radius 2 is 1.93 bits per heavy atom. The highest BCUT2D eigenvalue weighted by Gasteiger charge is 2.06. The summed E-state index contributed by atoms with van der Waals surface area (Å²) in [5, 5.41) is 10.6. The molecule has 0 bridgehead atoms. The van der Waals surface area contributed by atoms with Crippen molar-refractivity contribution >= 4 is 11.7 Å². The Morgan fingerprint density at radius 3 is 2.53 bits per heavy atom. The number of ketones is 1. The van der Waals surface area contributed by atoms with Gasteiger partial charge in [0, 0.05) is 5.56 Å². The molecule has 0 heterocycles. The van der Waals surface area contributed by atoms with Crippen molar-refractivity contribution in [1.82, 2.24) is 5.32 Å². The number of carbonyl (C=O) groups is 2. The average Bonchev–Trinajstić information content (AvgIpc) is 2.27. The van der Waals surface area contributed by atoms with Crippen LogP contribution in [0.15, 0.2) is 30.3 Å². The van der Waals surface area contributed by atoms with Gasteiger partial charge in [-0.1, -0.05) is 30.3 Å². The fraction of sp³-hybridized carbons (Fsp3) is 0.182. The SMILES string of the molecule is N#CCC(=O)NCC(=O)c1ccccc1. The molecule has 0 aliphatic carbocycles. The molecule has 0 fully saturated rings. The first-order chi connectivity index (χ1) is 7.24. The van der Waals surface area contributed by atoms with Crippen molar-refractivity contribution in [3.63, 3.8) is 0 Å². The van der Waals surface area contributed by atoms with Crippen LogP contribution >= 0.6 is 0 Å². The maximum absolute atomic E-state index is 11.5. The lowest BCUT2D eigenvalue weighted by atomic mass is 10.1. The topological polar surface area (TPSA) is 70.0 Å². The number of amides is 1. The Kier molecular flexibility index (Phi) is 4.05. The predicted molar refractivity (Wildman–Crippen MR) is 54.0 cm³/mol. The minimum absolute atomic E-state index is 0.0650. The third-order valence-corrected chi connectivity index (χ3v) is 1.78. The molecule has 1 aromatic rings. The molecule has 1 N–H and O–H groups in total. The second kappa shape index (κ2) is 5.55. The van der Waals surface area contributed by atoms with Gasteiger partial charge in [0.15, 0.2) is 5.78 Å². The predicted octanol–water partition coefficient (Wildman–Crippen LogP) is 0.899. The van der Waals surface area contributed by atoms with E-state index in [0.29, 0.717) is 5.56 Å². The molecule has 0 aliphatic rings. The molecule has 1 rings (SSSR count). The molecule has 0 atom stereocenters. The van der Waals surface area contributed by atoms with E-state index in [9.17, 15) is 9.59 Å². The molecular formula is C11H10N2O2. The zero-order valence-corrected chi connectivity index (χ0v) is 8.06. The van der Waals surface area contributed by atoms with Gasteiger partial charge in [-0.15, -0.1) is 0 Å². The molecule has 0 spiro atoms. The summed E-state index contributed by atoms with van der Waals surface area (Å²) in [5.74, 6) is -0.594. The summed E-state index contributed by atoms with van der Waals surface area (Å²) in [6.07, 6.45) is -0.220. The van der Waals surface area contributed by atoms with Crippen LogP contribution in [-0.2, 0) is 4.79 Å². The number of Topliss-reactive ketones (excluding diaryl/α,β-unsaturated/α-hetero) is 1. The molecule has 0 aromatic heterocycles. The Morgan fingerprint density at radius 1 is 1.27 bits per heavy atom. The summed E-state index contributed by atoms with van der Waals surface area (Å²) in [6, 6.07) is 10.4. The summed E-state index contributed by atoms with van der Waals surface area (Å²) < 4.78 is 0. The number of hydrogen-bond donors (Lipinski definition) is 1. The minimum atomic E-state index is -0.429. The zero-order chi connectivity index (χ0) is 11.1. The molecule has 4 heteroatoms. The maximum Gasteiger partial charge on any atom is 0.234 e. The highest BCUT2D eigenvalue weighted by Crippen LogP contribution is 1.98. The first kappa shape index (κ1) is 10.9. The van der Waals surface area contributed by atoms with E-state index in [1.807, 2.05) is 6.07 Å². The molecule has 1 amide bonds. The second-order valence-electron chi connectivity index (χ2n) is 2.90. The van der Waals surface area contributed by atoms with Crippen LogP contribution in [0.2, 0.25) is 0 Å². The van der Waals surface area contributed by atoms with Crippen LogP contribution in [0.25, 0.3) is 0 Å². The molecule has 1 aromatic carbocycles. The van der Waals surface area contributed by atoms with Gasteiger partial charge in [0.05, 0.1) is 12.6 Å². The summed E-state index contributed by atoms with van der Waals surface area (Å²) in [6.45, 7) is -0.0650. The molecule has 0 saturated carbocycles. The monoisotopic (exact) mass is 202 g/mol. The van der Waals surface area contributed by atoms with E-state index < -0.39 is 5.91 Å². The fourth-order valence-electron chi connectivity index (χ4n) is 1.04. The van der Waals surface area contributed by atoms with Crippen molar-refractivity contribution in [2.75, 3.05) is 6.54 Å². The fourth-order valence-corrected chi connectivity index (χ4v) is 1.04. The molecule has 76 valence electrons. The summed E-state index contributed by atoms with van der Waals surface area (Å²) >= 11 is 0. The van der Waals surface area contributed by atoms with Gasteiger partial charge in [-0.05, 0) is 0 Å². The zero-order valence-electron chi connectivity index (χ0n) is 8.06. The third-order valence-electron chi connectivity index (χ3n) is 1.78. The van der Waals surface area contributed by atoms with Gasteiger partial charge >= 0.3 is 0 Å². The lowest BCUT2D eigenvalue weighted by Gasteiger charge is -2.01. The van der Waals surface area contributed by atoms with Gasteiger partial charge < -0.3 is 5.32 Å². The van der Waals surface area contributed by atoms with Crippen molar-refractivity contribution in [3.05, 3.63) is 35.9 Å². The van der Waals surface area contributed by atoms with Gasteiger partial charge in [0.1, 0.15) is 6.42 Å². The van der Waals surface area contributed by atoms with E-state index >= 15 is 0 Å². The number of nitriles is 1. The standard InChI is InChI=1S/C11H10N2O2/c12-7-6-11(15)13-8-10(14)9-4-2-1-3-5-9/h1-5H,6,8H2,(H,13,15). The van der Waals surface area contributed by atoms with Crippen molar-refractivity contribution < 1.29 is 9.59 Å². The first-order valence-corrected chi connectivity index (χ1v) is 4.46. The van der Waals surface area contributed by atoms with Gasteiger partial charge in [0.25, 0.3) is 0 Å². The number of nitrogens with zero attached hydrogens (tertiary/aromatic N) is 1. The smallest absolute Gasteiger partial charge is 0.234 e. The molecule has 4 nitrogen and oxygen atoms in total. The summed E-state index contributed by atoms with van der Waals surface area (Å²) in [5.41, 5.74) is 0.551. The number of benzene rings is 1. The molecular weight excluding hydrogens is 192 g/mol. The molecule has 15 heavy (non-hydrogen) atoms.